The van der Waals surface area contributed by atoms with E-state index in [1.54, 1.807) is 30.0 Å². The summed E-state index contributed by atoms with van der Waals surface area (Å²) >= 11 is 1.77. The predicted molar refractivity (Wildman–Crippen MR) is 85.5 cm³/mol. The highest BCUT2D eigenvalue weighted by Gasteiger charge is 2.18. The molecular formula is C13H19N3O2S2. The second-order valence-corrected chi connectivity index (χ2v) is 7.28. The first-order chi connectivity index (χ1) is 9.54. The van der Waals surface area contributed by atoms with Crippen LogP contribution in [0.5, 0.6) is 0 Å². The Morgan fingerprint density at radius 3 is 2.90 bits per heavy atom. The van der Waals surface area contributed by atoms with E-state index >= 15 is 0 Å². The number of benzene rings is 1. The van der Waals surface area contributed by atoms with E-state index in [0.717, 1.165) is 24.1 Å². The largest absolute Gasteiger partial charge is 0.399 e. The molecule has 5 nitrogen and oxygen atoms in total. The molecule has 0 unspecified atom stereocenters. The average molecular weight is 313 g/mol. The Balaban J connectivity index is 2.11. The highest BCUT2D eigenvalue weighted by molar-refractivity contribution is 7.98. The zero-order chi connectivity index (χ0) is 14.6. The molecule has 0 aliphatic heterocycles. The number of hydrogen-bond donors (Lipinski definition) is 3. The Morgan fingerprint density at radius 1 is 1.35 bits per heavy atom. The fourth-order valence-corrected chi connectivity index (χ4v) is 3.74. The summed E-state index contributed by atoms with van der Waals surface area (Å²) in [5.41, 5.74) is 7.02. The first-order valence-corrected chi connectivity index (χ1v) is 9.27. The number of aromatic nitrogens is 1. The van der Waals surface area contributed by atoms with E-state index in [1.807, 2.05) is 6.26 Å². The van der Waals surface area contributed by atoms with E-state index in [0.29, 0.717) is 17.6 Å². The van der Waals surface area contributed by atoms with Crippen molar-refractivity contribution >= 4 is 38.4 Å². The zero-order valence-electron chi connectivity index (χ0n) is 11.3. The molecule has 0 saturated carbocycles. The number of fused-ring (bicyclic) bond motifs is 1. The van der Waals surface area contributed by atoms with Gasteiger partial charge in [-0.25, -0.2) is 13.1 Å². The average Bonchev–Trinajstić information content (AvgIpc) is 2.82. The van der Waals surface area contributed by atoms with E-state index in [4.69, 9.17) is 5.73 Å². The third-order valence-corrected chi connectivity index (χ3v) is 5.22. The van der Waals surface area contributed by atoms with Gasteiger partial charge in [0.2, 0.25) is 10.0 Å². The summed E-state index contributed by atoms with van der Waals surface area (Å²) in [7, 11) is -3.47. The molecule has 20 heavy (non-hydrogen) atoms. The van der Waals surface area contributed by atoms with Crippen LogP contribution < -0.4 is 10.5 Å². The first kappa shape index (κ1) is 15.2. The topological polar surface area (TPSA) is 88.0 Å². The summed E-state index contributed by atoms with van der Waals surface area (Å²) in [6, 6.07) is 5.16. The molecule has 2 rings (SSSR count). The first-order valence-electron chi connectivity index (χ1n) is 6.40. The highest BCUT2D eigenvalue weighted by Crippen LogP contribution is 2.24. The minimum absolute atomic E-state index is 0.275. The van der Waals surface area contributed by atoms with Crippen molar-refractivity contribution in [2.24, 2.45) is 0 Å². The molecule has 0 spiro atoms. The van der Waals surface area contributed by atoms with Crippen molar-refractivity contribution in [1.82, 2.24) is 9.71 Å². The predicted octanol–water partition coefficient (Wildman–Crippen LogP) is 2.17. The lowest BCUT2D eigenvalue weighted by atomic mass is 10.2. The van der Waals surface area contributed by atoms with Crippen molar-refractivity contribution in [2.75, 3.05) is 24.3 Å². The smallest absolute Gasteiger partial charge is 0.242 e. The van der Waals surface area contributed by atoms with Crippen molar-refractivity contribution in [3.8, 4) is 0 Å². The molecule has 0 fully saturated rings. The lowest BCUT2D eigenvalue weighted by molar-refractivity contribution is 0.579. The Bertz CT molecular complexity index is 680. The third-order valence-electron chi connectivity index (χ3n) is 3.02. The minimum Gasteiger partial charge on any atom is -0.399 e. The lowest BCUT2D eigenvalue weighted by Crippen LogP contribution is -2.24. The van der Waals surface area contributed by atoms with Gasteiger partial charge in [-0.3, -0.25) is 0 Å². The number of rotatable bonds is 7. The van der Waals surface area contributed by atoms with E-state index in [2.05, 4.69) is 9.71 Å². The number of nitrogens with two attached hydrogens (primary N) is 1. The monoisotopic (exact) mass is 313 g/mol. The molecule has 0 saturated heterocycles. The fourth-order valence-electron chi connectivity index (χ4n) is 2.00. The fraction of sp³-hybridized carbons (Fsp3) is 0.385. The molecule has 7 heteroatoms. The Hall–Kier alpha value is -1.18. The second kappa shape index (κ2) is 6.51. The third kappa shape index (κ3) is 3.47. The minimum atomic E-state index is -3.47. The molecule has 0 amide bonds. The number of nitrogens with one attached hydrogen (secondary N) is 2. The van der Waals surface area contributed by atoms with Crippen LogP contribution in [0.15, 0.2) is 29.3 Å². The summed E-state index contributed by atoms with van der Waals surface area (Å²) in [5.74, 6) is 1.05. The van der Waals surface area contributed by atoms with Crippen LogP contribution in [-0.4, -0.2) is 32.0 Å². The van der Waals surface area contributed by atoms with E-state index < -0.39 is 10.0 Å². The van der Waals surface area contributed by atoms with Gasteiger partial charge in [0.25, 0.3) is 0 Å². The van der Waals surface area contributed by atoms with Crippen LogP contribution in [-0.2, 0) is 10.0 Å². The number of unbranched alkanes of at least 4 members (excludes halogenated alkanes) is 1. The summed E-state index contributed by atoms with van der Waals surface area (Å²) < 4.78 is 27.2. The van der Waals surface area contributed by atoms with Gasteiger partial charge in [-0.05, 0) is 43.0 Å². The summed E-state index contributed by atoms with van der Waals surface area (Å²) in [6.45, 7) is 0.463. The summed E-state index contributed by atoms with van der Waals surface area (Å²) in [5, 5.41) is 0.663. The Labute approximate surface area is 123 Å². The number of aromatic amines is 1. The summed E-state index contributed by atoms with van der Waals surface area (Å²) in [6.07, 6.45) is 5.40. The second-order valence-electron chi connectivity index (χ2n) is 4.56. The van der Waals surface area contributed by atoms with Crippen LogP contribution in [0.1, 0.15) is 12.8 Å². The van der Waals surface area contributed by atoms with E-state index in [1.165, 1.54) is 6.20 Å². The van der Waals surface area contributed by atoms with E-state index in [-0.39, 0.29) is 4.90 Å². The molecule has 0 radical (unpaired) electrons. The van der Waals surface area contributed by atoms with Crippen molar-refractivity contribution in [2.45, 2.75) is 17.7 Å². The molecule has 0 aliphatic carbocycles. The van der Waals surface area contributed by atoms with Crippen LogP contribution in [0, 0.1) is 0 Å². The van der Waals surface area contributed by atoms with E-state index in [9.17, 15) is 8.42 Å². The lowest BCUT2D eigenvalue weighted by Gasteiger charge is -2.05. The van der Waals surface area contributed by atoms with Gasteiger partial charge in [0.1, 0.15) is 4.90 Å². The van der Waals surface area contributed by atoms with Crippen molar-refractivity contribution < 1.29 is 8.42 Å². The molecule has 1 aromatic heterocycles. The number of anilines is 1. The van der Waals surface area contributed by atoms with Gasteiger partial charge in [0.05, 0.1) is 0 Å². The normalized spacial score (nSPS) is 12.1. The quantitative estimate of drug-likeness (QED) is 0.540. The van der Waals surface area contributed by atoms with Crippen LogP contribution in [0.4, 0.5) is 5.69 Å². The standard InChI is InChI=1S/C13H19N3O2S2/c1-19-7-3-2-6-16-20(17,18)13-9-15-12-8-10(14)4-5-11(12)13/h4-5,8-9,15-16H,2-3,6-7,14H2,1H3. The van der Waals surface area contributed by atoms with Gasteiger partial charge in [-0.2, -0.15) is 11.8 Å². The molecule has 2 aromatic rings. The van der Waals surface area contributed by atoms with Crippen molar-refractivity contribution in [3.63, 3.8) is 0 Å². The maximum absolute atomic E-state index is 12.3. The Kier molecular flexibility index (Phi) is 4.95. The van der Waals surface area contributed by atoms with Crippen molar-refractivity contribution in [1.29, 1.82) is 0 Å². The number of hydrogen-bond acceptors (Lipinski definition) is 4. The van der Waals surface area contributed by atoms with Crippen molar-refractivity contribution in [3.05, 3.63) is 24.4 Å². The van der Waals surface area contributed by atoms with Gasteiger partial charge < -0.3 is 10.7 Å². The molecule has 110 valence electrons. The van der Waals surface area contributed by atoms with Crippen LogP contribution in [0.2, 0.25) is 0 Å². The van der Waals surface area contributed by atoms with Gasteiger partial charge in [-0.15, -0.1) is 0 Å². The Morgan fingerprint density at radius 2 is 2.15 bits per heavy atom. The number of sulfonamides is 1. The van der Waals surface area contributed by atoms with Gasteiger partial charge in [-0.1, -0.05) is 0 Å². The number of H-pyrrole nitrogens is 1. The number of thioether (sulfide) groups is 1. The molecular weight excluding hydrogens is 294 g/mol. The van der Waals surface area contributed by atoms with Gasteiger partial charge >= 0.3 is 0 Å². The van der Waals surface area contributed by atoms with Crippen LogP contribution in [0.3, 0.4) is 0 Å². The number of nitrogen functional groups attached to an aromatic ring is 1. The van der Waals surface area contributed by atoms with Crippen LogP contribution >= 0.6 is 11.8 Å². The molecule has 1 heterocycles. The van der Waals surface area contributed by atoms with Crippen LogP contribution in [0.25, 0.3) is 10.9 Å². The highest BCUT2D eigenvalue weighted by atomic mass is 32.2. The molecule has 0 aliphatic rings. The summed E-state index contributed by atoms with van der Waals surface area (Å²) in [4.78, 5) is 3.22. The zero-order valence-corrected chi connectivity index (χ0v) is 13.0. The van der Waals surface area contributed by atoms with Gasteiger partial charge in [0.15, 0.2) is 0 Å². The molecule has 0 atom stereocenters. The molecule has 4 N–H and O–H groups in total. The molecule has 0 bridgehead atoms. The maximum atomic E-state index is 12.3. The molecule has 1 aromatic carbocycles. The SMILES string of the molecule is CSCCCCNS(=O)(=O)c1c[nH]c2cc(N)ccc12. The maximum Gasteiger partial charge on any atom is 0.242 e. The van der Waals surface area contributed by atoms with Gasteiger partial charge in [0, 0.05) is 29.3 Å².